The van der Waals surface area contributed by atoms with E-state index < -0.39 is 29.9 Å². The number of hydrogen-bond donors (Lipinski definition) is 4. The number of amides is 2. The van der Waals surface area contributed by atoms with Crippen LogP contribution in [0.4, 0.5) is 4.79 Å². The van der Waals surface area contributed by atoms with Gasteiger partial charge >= 0.3 is 12.1 Å². The van der Waals surface area contributed by atoms with Crippen molar-refractivity contribution < 1.29 is 34.1 Å². The van der Waals surface area contributed by atoms with Crippen molar-refractivity contribution in [1.82, 2.24) is 10.6 Å². The van der Waals surface area contributed by atoms with E-state index in [0.717, 1.165) is 22.3 Å². The number of ether oxygens (including phenoxy) is 2. The van der Waals surface area contributed by atoms with Crippen molar-refractivity contribution in [2.24, 2.45) is 5.92 Å². The van der Waals surface area contributed by atoms with Crippen molar-refractivity contribution in [3.8, 4) is 11.1 Å². The minimum atomic E-state index is -1.20. The first-order valence-electron chi connectivity index (χ1n) is 11.3. The molecule has 1 heterocycles. The lowest BCUT2D eigenvalue weighted by atomic mass is 9.98. The maximum Gasteiger partial charge on any atom is 0.407 e. The zero-order valence-electron chi connectivity index (χ0n) is 18.6. The highest BCUT2D eigenvalue weighted by Gasteiger charge is 2.33. The van der Waals surface area contributed by atoms with Gasteiger partial charge in [-0.05, 0) is 28.7 Å². The Bertz CT molecular complexity index is 1010. The van der Waals surface area contributed by atoms with E-state index in [9.17, 15) is 14.4 Å². The summed E-state index contributed by atoms with van der Waals surface area (Å²) in [5.41, 5.74) is 4.57. The third kappa shape index (κ3) is 5.21. The first-order chi connectivity index (χ1) is 16.5. The second-order valence-electron chi connectivity index (χ2n) is 8.51. The molecular formula is C25H28N2O7. The summed E-state index contributed by atoms with van der Waals surface area (Å²) in [6.45, 7) is 0.177. The van der Waals surface area contributed by atoms with E-state index in [4.69, 9.17) is 19.7 Å². The molecule has 2 unspecified atom stereocenters. The third-order valence-corrected chi connectivity index (χ3v) is 6.30. The fourth-order valence-electron chi connectivity index (χ4n) is 4.55. The van der Waals surface area contributed by atoms with Gasteiger partial charge in [0.1, 0.15) is 12.6 Å². The second-order valence-corrected chi connectivity index (χ2v) is 8.51. The number of aliphatic hydroxyl groups excluding tert-OH is 1. The maximum atomic E-state index is 12.3. The van der Waals surface area contributed by atoms with Gasteiger partial charge in [0.05, 0.1) is 18.6 Å². The summed E-state index contributed by atoms with van der Waals surface area (Å²) in [7, 11) is 0. The topological polar surface area (TPSA) is 134 Å². The van der Waals surface area contributed by atoms with E-state index in [0.29, 0.717) is 6.42 Å². The van der Waals surface area contributed by atoms with Crippen LogP contribution < -0.4 is 10.6 Å². The molecule has 1 aliphatic heterocycles. The van der Waals surface area contributed by atoms with Crippen LogP contribution in [0.3, 0.4) is 0 Å². The SMILES string of the molecule is O=C(NCC1CC(C(=O)N[C@H](CCO)C(=O)O)CO1)OCC1c2ccccc2-c2ccccc21. The monoisotopic (exact) mass is 468 g/mol. The Morgan fingerprint density at radius 1 is 1.06 bits per heavy atom. The molecule has 9 nitrogen and oxygen atoms in total. The fraction of sp³-hybridized carbons (Fsp3) is 0.400. The van der Waals surface area contributed by atoms with Crippen molar-refractivity contribution in [2.75, 3.05) is 26.4 Å². The van der Waals surface area contributed by atoms with Crippen molar-refractivity contribution in [3.05, 3.63) is 59.7 Å². The minimum Gasteiger partial charge on any atom is -0.480 e. The van der Waals surface area contributed by atoms with Gasteiger partial charge < -0.3 is 30.3 Å². The molecule has 0 aromatic heterocycles. The minimum absolute atomic E-state index is 0.0324. The number of alkyl carbamates (subject to hydrolysis) is 1. The second kappa shape index (κ2) is 10.7. The van der Waals surface area contributed by atoms with E-state index in [1.165, 1.54) is 0 Å². The number of benzene rings is 2. The highest BCUT2D eigenvalue weighted by molar-refractivity contribution is 5.85. The molecule has 0 radical (unpaired) electrons. The molecule has 0 saturated carbocycles. The quantitative estimate of drug-likeness (QED) is 0.441. The van der Waals surface area contributed by atoms with Crippen molar-refractivity contribution in [3.63, 3.8) is 0 Å². The van der Waals surface area contributed by atoms with Crippen LogP contribution in [0.1, 0.15) is 29.9 Å². The molecule has 1 saturated heterocycles. The van der Waals surface area contributed by atoms with E-state index in [2.05, 4.69) is 22.8 Å². The average molecular weight is 469 g/mol. The first kappa shape index (κ1) is 23.7. The van der Waals surface area contributed by atoms with Crippen LogP contribution in [0, 0.1) is 5.92 Å². The van der Waals surface area contributed by atoms with Crippen molar-refractivity contribution >= 4 is 18.0 Å². The predicted octanol–water partition coefficient (Wildman–Crippen LogP) is 1.88. The summed E-state index contributed by atoms with van der Waals surface area (Å²) in [6, 6.07) is 15.0. The van der Waals surface area contributed by atoms with Gasteiger partial charge in [0, 0.05) is 25.5 Å². The van der Waals surface area contributed by atoms with E-state index in [1.807, 2.05) is 36.4 Å². The Morgan fingerprint density at radius 2 is 1.71 bits per heavy atom. The van der Waals surface area contributed by atoms with Gasteiger partial charge in [-0.2, -0.15) is 0 Å². The average Bonchev–Trinajstić information content (AvgIpc) is 3.44. The molecule has 4 rings (SSSR count). The van der Waals surface area contributed by atoms with Crippen LogP contribution in [0.25, 0.3) is 11.1 Å². The zero-order valence-corrected chi connectivity index (χ0v) is 18.6. The first-order valence-corrected chi connectivity index (χ1v) is 11.3. The molecule has 1 aliphatic carbocycles. The molecule has 1 fully saturated rings. The molecule has 34 heavy (non-hydrogen) atoms. The fourth-order valence-corrected chi connectivity index (χ4v) is 4.55. The Labute approximate surface area is 197 Å². The number of nitrogens with one attached hydrogen (secondary N) is 2. The normalized spacial score (nSPS) is 19.7. The van der Waals surface area contributed by atoms with Crippen LogP contribution >= 0.6 is 0 Å². The number of aliphatic hydroxyl groups is 1. The number of fused-ring (bicyclic) bond motifs is 3. The van der Waals surface area contributed by atoms with E-state index in [-0.39, 0.29) is 44.8 Å². The van der Waals surface area contributed by atoms with Crippen LogP contribution in [0.2, 0.25) is 0 Å². The number of rotatable bonds is 9. The maximum absolute atomic E-state index is 12.3. The number of carbonyl (C=O) groups excluding carboxylic acids is 2. The molecular weight excluding hydrogens is 440 g/mol. The summed E-state index contributed by atoms with van der Waals surface area (Å²) < 4.78 is 11.1. The van der Waals surface area contributed by atoms with Gasteiger partial charge in [-0.25, -0.2) is 9.59 Å². The van der Waals surface area contributed by atoms with Crippen molar-refractivity contribution in [2.45, 2.75) is 30.9 Å². The van der Waals surface area contributed by atoms with Gasteiger partial charge in [-0.15, -0.1) is 0 Å². The molecule has 9 heteroatoms. The summed E-state index contributed by atoms with van der Waals surface area (Å²) in [6.07, 6.45) is -0.660. The highest BCUT2D eigenvalue weighted by Crippen LogP contribution is 2.44. The molecule has 0 bridgehead atoms. The van der Waals surface area contributed by atoms with Gasteiger partial charge in [0.25, 0.3) is 0 Å². The van der Waals surface area contributed by atoms with E-state index >= 15 is 0 Å². The van der Waals surface area contributed by atoms with Crippen LogP contribution in [0.15, 0.2) is 48.5 Å². The Kier molecular flexibility index (Phi) is 7.44. The zero-order chi connectivity index (χ0) is 24.1. The lowest BCUT2D eigenvalue weighted by molar-refractivity contribution is -0.142. The molecule has 4 N–H and O–H groups in total. The van der Waals surface area contributed by atoms with Crippen LogP contribution in [-0.2, 0) is 19.1 Å². The van der Waals surface area contributed by atoms with Gasteiger partial charge in [0.15, 0.2) is 0 Å². The van der Waals surface area contributed by atoms with E-state index in [1.54, 1.807) is 0 Å². The highest BCUT2D eigenvalue weighted by atomic mass is 16.5. The number of carbonyl (C=O) groups is 3. The van der Waals surface area contributed by atoms with Gasteiger partial charge in [-0.1, -0.05) is 48.5 Å². The smallest absolute Gasteiger partial charge is 0.407 e. The van der Waals surface area contributed by atoms with Crippen molar-refractivity contribution in [1.29, 1.82) is 0 Å². The molecule has 0 spiro atoms. The molecule has 2 aliphatic rings. The Morgan fingerprint density at radius 3 is 2.32 bits per heavy atom. The molecule has 180 valence electrons. The summed E-state index contributed by atoms with van der Waals surface area (Å²) in [4.78, 5) is 35.8. The Balaban J connectivity index is 1.24. The summed E-state index contributed by atoms with van der Waals surface area (Å²) >= 11 is 0. The lowest BCUT2D eigenvalue weighted by Crippen LogP contribution is -2.44. The predicted molar refractivity (Wildman–Crippen MR) is 122 cm³/mol. The van der Waals surface area contributed by atoms with Crippen LogP contribution in [-0.4, -0.2) is 66.7 Å². The van der Waals surface area contributed by atoms with Crippen LogP contribution in [0.5, 0.6) is 0 Å². The van der Waals surface area contributed by atoms with Gasteiger partial charge in [0.2, 0.25) is 5.91 Å². The molecule has 3 atom stereocenters. The molecule has 2 aromatic rings. The molecule has 2 aromatic carbocycles. The Hall–Kier alpha value is -3.43. The number of hydrogen-bond acceptors (Lipinski definition) is 6. The molecule has 2 amide bonds. The lowest BCUT2D eigenvalue weighted by Gasteiger charge is -2.16. The number of carboxylic acid groups (broad SMARTS) is 1. The third-order valence-electron chi connectivity index (χ3n) is 6.30. The largest absolute Gasteiger partial charge is 0.480 e. The number of carboxylic acids is 1. The summed E-state index contributed by atoms with van der Waals surface area (Å²) in [5.74, 6) is -2.19. The standard InChI is InChI=1S/C25H28N2O7/c28-10-9-22(24(30)31)27-23(29)15-11-16(33-13-15)12-26-25(32)34-14-21-19-7-3-1-5-17(19)18-6-2-4-8-20(18)21/h1-8,15-16,21-22,28H,9-14H2,(H,26,32)(H,27,29)(H,30,31)/t15?,16?,22-/m1/s1. The number of aliphatic carboxylic acids is 1. The van der Waals surface area contributed by atoms with Gasteiger partial charge in [-0.3, -0.25) is 4.79 Å². The summed E-state index contributed by atoms with van der Waals surface area (Å²) in [5, 5.41) is 23.2.